The quantitative estimate of drug-likeness (QED) is 0.571. The first kappa shape index (κ1) is 7.19. The fourth-order valence-corrected chi connectivity index (χ4v) is 0.864. The van der Waals surface area contributed by atoms with E-state index in [4.69, 9.17) is 0 Å². The van der Waals surface area contributed by atoms with Gasteiger partial charge in [0, 0.05) is 37.9 Å². The van der Waals surface area contributed by atoms with Crippen LogP contribution in [0.15, 0.2) is 24.8 Å². The van der Waals surface area contributed by atoms with Crippen LogP contribution in [0.4, 0.5) is 0 Å². The van der Waals surface area contributed by atoms with E-state index in [2.05, 4.69) is 48.4 Å². The zero-order valence-electron chi connectivity index (χ0n) is 6.62. The van der Waals surface area contributed by atoms with Crippen LogP contribution in [0.1, 0.15) is 13.8 Å². The number of hydrogen-bond donors (Lipinski definition) is 0. The van der Waals surface area contributed by atoms with Crippen LogP contribution in [0.3, 0.4) is 0 Å². The highest BCUT2D eigenvalue weighted by molar-refractivity contribution is 4.99. The third-order valence-corrected chi connectivity index (χ3v) is 1.63. The minimum atomic E-state index is 1.05. The van der Waals surface area contributed by atoms with Crippen molar-refractivity contribution >= 4 is 0 Å². The molecule has 0 spiro atoms. The van der Waals surface area contributed by atoms with Crippen molar-refractivity contribution in [2.24, 2.45) is 0 Å². The Labute approximate surface area is 62.4 Å². The Morgan fingerprint density at radius 3 is 1.30 bits per heavy atom. The molecule has 1 aliphatic heterocycles. The zero-order valence-corrected chi connectivity index (χ0v) is 6.62. The van der Waals surface area contributed by atoms with Gasteiger partial charge in [-0.1, -0.05) is 0 Å². The van der Waals surface area contributed by atoms with E-state index >= 15 is 0 Å². The lowest BCUT2D eigenvalue weighted by Crippen LogP contribution is -2.19. The topological polar surface area (TPSA) is 6.48 Å². The SMILES string of the molecule is CCN1C=CN(CC)C=C1. The van der Waals surface area contributed by atoms with Crippen molar-refractivity contribution in [1.29, 1.82) is 0 Å². The van der Waals surface area contributed by atoms with E-state index in [-0.39, 0.29) is 0 Å². The summed E-state index contributed by atoms with van der Waals surface area (Å²) in [6.45, 7) is 6.36. The van der Waals surface area contributed by atoms with Gasteiger partial charge in [-0.3, -0.25) is 0 Å². The van der Waals surface area contributed by atoms with Crippen LogP contribution in [0, 0.1) is 0 Å². The van der Waals surface area contributed by atoms with Crippen LogP contribution < -0.4 is 0 Å². The fraction of sp³-hybridized carbons (Fsp3) is 0.500. The molecule has 1 rings (SSSR count). The van der Waals surface area contributed by atoms with Gasteiger partial charge < -0.3 is 9.80 Å². The monoisotopic (exact) mass is 138 g/mol. The molecule has 0 atom stereocenters. The standard InChI is InChI=1S/C8H14N2/c1-3-9-5-7-10(4-2)8-6-9/h5-8H,3-4H2,1-2H3. The lowest BCUT2D eigenvalue weighted by molar-refractivity contribution is 0.445. The molecule has 0 bridgehead atoms. The molecule has 0 fully saturated rings. The summed E-state index contributed by atoms with van der Waals surface area (Å²) in [6, 6.07) is 0. The van der Waals surface area contributed by atoms with E-state index in [0.29, 0.717) is 0 Å². The van der Waals surface area contributed by atoms with Gasteiger partial charge in [0.2, 0.25) is 0 Å². The average Bonchev–Trinajstić information content (AvgIpc) is 2.05. The summed E-state index contributed by atoms with van der Waals surface area (Å²) in [5.74, 6) is 0. The van der Waals surface area contributed by atoms with Gasteiger partial charge in [0.1, 0.15) is 0 Å². The molecular formula is C8H14N2. The largest absolute Gasteiger partial charge is 0.352 e. The molecule has 10 heavy (non-hydrogen) atoms. The van der Waals surface area contributed by atoms with Gasteiger partial charge in [0.05, 0.1) is 0 Å². The Balaban J connectivity index is 2.45. The van der Waals surface area contributed by atoms with Gasteiger partial charge in [0.15, 0.2) is 0 Å². The van der Waals surface area contributed by atoms with Crippen molar-refractivity contribution < 1.29 is 0 Å². The van der Waals surface area contributed by atoms with Crippen molar-refractivity contribution in [1.82, 2.24) is 9.80 Å². The minimum absolute atomic E-state index is 1.05. The summed E-state index contributed by atoms with van der Waals surface area (Å²) in [7, 11) is 0. The number of rotatable bonds is 2. The molecule has 0 unspecified atom stereocenters. The van der Waals surface area contributed by atoms with Gasteiger partial charge in [-0.05, 0) is 13.8 Å². The molecular weight excluding hydrogens is 124 g/mol. The second-order valence-corrected chi connectivity index (χ2v) is 2.26. The lowest BCUT2D eigenvalue weighted by atomic mass is 10.5. The van der Waals surface area contributed by atoms with E-state index in [1.807, 2.05) is 0 Å². The molecule has 0 amide bonds. The second-order valence-electron chi connectivity index (χ2n) is 2.26. The van der Waals surface area contributed by atoms with Crippen molar-refractivity contribution in [2.75, 3.05) is 13.1 Å². The number of nitrogens with zero attached hydrogens (tertiary/aromatic N) is 2. The maximum Gasteiger partial charge on any atom is 0.0197 e. The van der Waals surface area contributed by atoms with Crippen LogP contribution in [0.25, 0.3) is 0 Å². The van der Waals surface area contributed by atoms with E-state index in [0.717, 1.165) is 13.1 Å². The van der Waals surface area contributed by atoms with Gasteiger partial charge in [-0.15, -0.1) is 0 Å². The summed E-state index contributed by atoms with van der Waals surface area (Å²) < 4.78 is 0. The van der Waals surface area contributed by atoms with Crippen molar-refractivity contribution in [2.45, 2.75) is 13.8 Å². The Morgan fingerprint density at radius 1 is 0.800 bits per heavy atom. The van der Waals surface area contributed by atoms with E-state index in [9.17, 15) is 0 Å². The van der Waals surface area contributed by atoms with Crippen LogP contribution >= 0.6 is 0 Å². The molecule has 0 aromatic carbocycles. The van der Waals surface area contributed by atoms with Crippen LogP contribution in [-0.2, 0) is 0 Å². The molecule has 2 nitrogen and oxygen atoms in total. The molecule has 0 aromatic heterocycles. The first-order valence-electron chi connectivity index (χ1n) is 3.75. The first-order valence-corrected chi connectivity index (χ1v) is 3.75. The lowest BCUT2D eigenvalue weighted by Gasteiger charge is -2.22. The predicted molar refractivity (Wildman–Crippen MR) is 43.0 cm³/mol. The molecule has 0 saturated heterocycles. The Kier molecular flexibility index (Phi) is 2.37. The van der Waals surface area contributed by atoms with E-state index in [1.54, 1.807) is 0 Å². The minimum Gasteiger partial charge on any atom is -0.352 e. The molecule has 0 saturated carbocycles. The van der Waals surface area contributed by atoms with Gasteiger partial charge in [0.25, 0.3) is 0 Å². The molecule has 2 heteroatoms. The average molecular weight is 138 g/mol. The van der Waals surface area contributed by atoms with Crippen molar-refractivity contribution in [3.8, 4) is 0 Å². The Morgan fingerprint density at radius 2 is 1.10 bits per heavy atom. The Bertz CT molecular complexity index is 119. The highest BCUT2D eigenvalue weighted by Crippen LogP contribution is 2.02. The van der Waals surface area contributed by atoms with E-state index in [1.165, 1.54) is 0 Å². The van der Waals surface area contributed by atoms with Crippen molar-refractivity contribution in [3.05, 3.63) is 24.8 Å². The highest BCUT2D eigenvalue weighted by atomic mass is 15.2. The summed E-state index contributed by atoms with van der Waals surface area (Å²) in [4.78, 5) is 4.29. The molecule has 0 radical (unpaired) electrons. The summed E-state index contributed by atoms with van der Waals surface area (Å²) in [5.41, 5.74) is 0. The Hall–Kier alpha value is -0.920. The van der Waals surface area contributed by atoms with Crippen molar-refractivity contribution in [3.63, 3.8) is 0 Å². The molecule has 0 aliphatic carbocycles. The summed E-state index contributed by atoms with van der Waals surface area (Å²) in [6.07, 6.45) is 8.35. The molecule has 0 N–H and O–H groups in total. The summed E-state index contributed by atoms with van der Waals surface area (Å²) in [5, 5.41) is 0. The van der Waals surface area contributed by atoms with Gasteiger partial charge >= 0.3 is 0 Å². The van der Waals surface area contributed by atoms with Gasteiger partial charge in [-0.2, -0.15) is 0 Å². The maximum absolute atomic E-state index is 2.14. The van der Waals surface area contributed by atoms with Crippen LogP contribution in [-0.4, -0.2) is 22.9 Å². The predicted octanol–water partition coefficient (Wildman–Crippen LogP) is 1.59. The zero-order chi connectivity index (χ0) is 7.40. The van der Waals surface area contributed by atoms with Crippen LogP contribution in [0.5, 0.6) is 0 Å². The fourth-order valence-electron chi connectivity index (χ4n) is 0.864. The molecule has 1 aliphatic rings. The second kappa shape index (κ2) is 3.30. The highest BCUT2D eigenvalue weighted by Gasteiger charge is 1.97. The smallest absolute Gasteiger partial charge is 0.0197 e. The van der Waals surface area contributed by atoms with E-state index < -0.39 is 0 Å². The summed E-state index contributed by atoms with van der Waals surface area (Å²) >= 11 is 0. The third kappa shape index (κ3) is 1.53. The molecule has 0 aromatic rings. The normalized spacial score (nSPS) is 16.6. The van der Waals surface area contributed by atoms with Gasteiger partial charge in [-0.25, -0.2) is 0 Å². The van der Waals surface area contributed by atoms with Crippen LogP contribution in [0.2, 0.25) is 0 Å². The molecule has 1 heterocycles. The first-order chi connectivity index (χ1) is 4.86. The third-order valence-electron chi connectivity index (χ3n) is 1.63. The molecule has 56 valence electrons. The number of hydrogen-bond acceptors (Lipinski definition) is 2. The maximum atomic E-state index is 2.14.